The summed E-state index contributed by atoms with van der Waals surface area (Å²) in [7, 11) is 0. The highest BCUT2D eigenvalue weighted by Crippen LogP contribution is 2.17. The predicted octanol–water partition coefficient (Wildman–Crippen LogP) is 4.36. The van der Waals surface area contributed by atoms with Gasteiger partial charge in [0, 0.05) is 12.1 Å². The number of benzene rings is 1. The topological polar surface area (TPSA) is 20.3 Å². The standard InChI is InChI=1S/C17H25NO/c1-6-8-17(19)18(15(5)7-2)12-16-10-9-13(3)14(4)11-16/h9-11H,5-8,12H2,1-4H3. The average Bonchev–Trinajstić information content (AvgIpc) is 2.39. The Bertz CT molecular complexity index is 462. The number of aryl methyl sites for hydroxylation is 2. The van der Waals surface area contributed by atoms with Gasteiger partial charge in [0.25, 0.3) is 0 Å². The lowest BCUT2D eigenvalue weighted by molar-refractivity contribution is -0.129. The predicted molar refractivity (Wildman–Crippen MR) is 80.8 cm³/mol. The van der Waals surface area contributed by atoms with Crippen molar-refractivity contribution in [2.24, 2.45) is 0 Å². The summed E-state index contributed by atoms with van der Waals surface area (Å²) in [5, 5.41) is 0. The van der Waals surface area contributed by atoms with Crippen LogP contribution in [0.3, 0.4) is 0 Å². The maximum Gasteiger partial charge on any atom is 0.227 e. The van der Waals surface area contributed by atoms with E-state index in [0.717, 1.165) is 18.5 Å². The third kappa shape index (κ3) is 4.23. The molecule has 0 aromatic heterocycles. The van der Waals surface area contributed by atoms with E-state index in [1.54, 1.807) is 0 Å². The summed E-state index contributed by atoms with van der Waals surface area (Å²) >= 11 is 0. The fourth-order valence-electron chi connectivity index (χ4n) is 2.00. The van der Waals surface area contributed by atoms with E-state index in [1.165, 1.54) is 16.7 Å². The molecule has 0 N–H and O–H groups in total. The van der Waals surface area contributed by atoms with E-state index in [9.17, 15) is 4.79 Å². The number of nitrogens with zero attached hydrogens (tertiary/aromatic N) is 1. The Hall–Kier alpha value is -1.57. The van der Waals surface area contributed by atoms with Gasteiger partial charge >= 0.3 is 0 Å². The molecule has 0 aliphatic carbocycles. The summed E-state index contributed by atoms with van der Waals surface area (Å²) in [5.41, 5.74) is 4.62. The van der Waals surface area contributed by atoms with Gasteiger partial charge in [0.1, 0.15) is 0 Å². The van der Waals surface area contributed by atoms with Gasteiger partial charge in [-0.3, -0.25) is 4.79 Å². The van der Waals surface area contributed by atoms with Crippen LogP contribution in [-0.4, -0.2) is 10.8 Å². The Balaban J connectivity index is 2.90. The summed E-state index contributed by atoms with van der Waals surface area (Å²) in [6, 6.07) is 6.36. The molecule has 0 radical (unpaired) electrons. The molecule has 0 spiro atoms. The highest BCUT2D eigenvalue weighted by atomic mass is 16.2. The van der Waals surface area contributed by atoms with E-state index >= 15 is 0 Å². The normalized spacial score (nSPS) is 10.3. The number of amides is 1. The highest BCUT2D eigenvalue weighted by molar-refractivity contribution is 5.77. The second-order valence-corrected chi connectivity index (χ2v) is 5.07. The van der Waals surface area contributed by atoms with E-state index in [1.807, 2.05) is 18.7 Å². The van der Waals surface area contributed by atoms with Gasteiger partial charge in [0.05, 0.1) is 6.54 Å². The molecule has 0 saturated heterocycles. The number of carbonyl (C=O) groups is 1. The number of carbonyl (C=O) groups excluding carboxylic acids is 1. The Morgan fingerprint density at radius 1 is 1.21 bits per heavy atom. The molecule has 0 atom stereocenters. The van der Waals surface area contributed by atoms with Gasteiger partial charge in [-0.05, 0) is 43.4 Å². The smallest absolute Gasteiger partial charge is 0.227 e. The van der Waals surface area contributed by atoms with Crippen LogP contribution in [0.25, 0.3) is 0 Å². The second-order valence-electron chi connectivity index (χ2n) is 5.07. The third-order valence-electron chi connectivity index (χ3n) is 3.47. The minimum Gasteiger partial charge on any atom is -0.312 e. The first-order chi connectivity index (χ1) is 8.99. The molecule has 2 nitrogen and oxygen atoms in total. The molecule has 1 aromatic carbocycles. The van der Waals surface area contributed by atoms with Gasteiger partial charge in [0.2, 0.25) is 5.91 Å². The van der Waals surface area contributed by atoms with Crippen molar-refractivity contribution in [3.63, 3.8) is 0 Å². The summed E-state index contributed by atoms with van der Waals surface area (Å²) in [6.45, 7) is 12.9. The lowest BCUT2D eigenvalue weighted by Gasteiger charge is -2.24. The fraction of sp³-hybridized carbons (Fsp3) is 0.471. The van der Waals surface area contributed by atoms with Crippen molar-refractivity contribution in [3.05, 3.63) is 47.2 Å². The molecule has 104 valence electrons. The van der Waals surface area contributed by atoms with Crippen molar-refractivity contribution < 1.29 is 4.79 Å². The molecule has 2 heteroatoms. The average molecular weight is 259 g/mol. The third-order valence-corrected chi connectivity index (χ3v) is 3.47. The second kappa shape index (κ2) is 7.13. The van der Waals surface area contributed by atoms with Crippen molar-refractivity contribution in [1.29, 1.82) is 0 Å². The first-order valence-electron chi connectivity index (χ1n) is 7.03. The molecular formula is C17H25NO. The van der Waals surface area contributed by atoms with Crippen LogP contribution < -0.4 is 0 Å². The Morgan fingerprint density at radius 2 is 1.89 bits per heavy atom. The van der Waals surface area contributed by atoms with E-state index < -0.39 is 0 Å². The van der Waals surface area contributed by atoms with Crippen LogP contribution in [-0.2, 0) is 11.3 Å². The summed E-state index contributed by atoms with van der Waals surface area (Å²) < 4.78 is 0. The maximum atomic E-state index is 12.2. The van der Waals surface area contributed by atoms with Crippen molar-refractivity contribution >= 4 is 5.91 Å². The zero-order valence-corrected chi connectivity index (χ0v) is 12.6. The molecule has 0 aliphatic heterocycles. The van der Waals surface area contributed by atoms with Gasteiger partial charge in [0.15, 0.2) is 0 Å². The molecule has 0 heterocycles. The number of rotatable bonds is 6. The molecule has 19 heavy (non-hydrogen) atoms. The van der Waals surface area contributed by atoms with Crippen molar-refractivity contribution in [1.82, 2.24) is 4.90 Å². The van der Waals surface area contributed by atoms with E-state index in [-0.39, 0.29) is 5.91 Å². The summed E-state index contributed by atoms with van der Waals surface area (Å²) in [5.74, 6) is 0.174. The molecule has 0 saturated carbocycles. The lowest BCUT2D eigenvalue weighted by Crippen LogP contribution is -2.29. The molecule has 0 fully saturated rings. The van der Waals surface area contributed by atoms with Gasteiger partial charge in [-0.2, -0.15) is 0 Å². The van der Waals surface area contributed by atoms with Crippen LogP contribution in [0.5, 0.6) is 0 Å². The molecular weight excluding hydrogens is 234 g/mol. The Kier molecular flexibility index (Phi) is 5.81. The SMILES string of the molecule is C=C(CC)N(Cc1ccc(C)c(C)c1)C(=O)CCC. The van der Waals surface area contributed by atoms with Gasteiger partial charge in [-0.15, -0.1) is 0 Å². The Morgan fingerprint density at radius 3 is 2.42 bits per heavy atom. The molecule has 1 amide bonds. The summed E-state index contributed by atoms with van der Waals surface area (Å²) in [6.07, 6.45) is 2.27. The van der Waals surface area contributed by atoms with E-state index in [0.29, 0.717) is 13.0 Å². The number of hydrogen-bond acceptors (Lipinski definition) is 1. The van der Waals surface area contributed by atoms with Crippen LogP contribution in [0.15, 0.2) is 30.5 Å². The van der Waals surface area contributed by atoms with Crippen LogP contribution in [0.1, 0.15) is 49.8 Å². The maximum absolute atomic E-state index is 12.2. The Labute approximate surface area is 117 Å². The zero-order valence-electron chi connectivity index (χ0n) is 12.6. The van der Waals surface area contributed by atoms with Crippen LogP contribution in [0.4, 0.5) is 0 Å². The molecule has 0 bridgehead atoms. The quantitative estimate of drug-likeness (QED) is 0.743. The van der Waals surface area contributed by atoms with E-state index in [4.69, 9.17) is 0 Å². The largest absolute Gasteiger partial charge is 0.312 e. The monoisotopic (exact) mass is 259 g/mol. The molecule has 1 rings (SSSR count). The first-order valence-corrected chi connectivity index (χ1v) is 7.03. The minimum absolute atomic E-state index is 0.174. The zero-order chi connectivity index (χ0) is 14.4. The van der Waals surface area contributed by atoms with Crippen molar-refractivity contribution in [2.45, 2.75) is 53.5 Å². The minimum atomic E-state index is 0.174. The van der Waals surface area contributed by atoms with Gasteiger partial charge in [-0.1, -0.05) is 38.6 Å². The van der Waals surface area contributed by atoms with Crippen molar-refractivity contribution in [2.75, 3.05) is 0 Å². The molecule has 1 aromatic rings. The van der Waals surface area contributed by atoms with Crippen LogP contribution in [0, 0.1) is 13.8 Å². The fourth-order valence-corrected chi connectivity index (χ4v) is 2.00. The number of hydrogen-bond donors (Lipinski definition) is 0. The van der Waals surface area contributed by atoms with E-state index in [2.05, 4.69) is 38.6 Å². The van der Waals surface area contributed by atoms with Crippen molar-refractivity contribution in [3.8, 4) is 0 Å². The lowest BCUT2D eigenvalue weighted by atomic mass is 10.1. The molecule has 0 unspecified atom stereocenters. The van der Waals surface area contributed by atoms with Gasteiger partial charge < -0.3 is 4.90 Å². The van der Waals surface area contributed by atoms with Crippen LogP contribution in [0.2, 0.25) is 0 Å². The number of allylic oxidation sites excluding steroid dienone is 1. The first kappa shape index (κ1) is 15.5. The van der Waals surface area contributed by atoms with Crippen LogP contribution >= 0.6 is 0 Å². The summed E-state index contributed by atoms with van der Waals surface area (Å²) in [4.78, 5) is 14.0. The molecule has 0 aliphatic rings. The highest BCUT2D eigenvalue weighted by Gasteiger charge is 2.15. The van der Waals surface area contributed by atoms with Gasteiger partial charge in [-0.25, -0.2) is 0 Å².